The van der Waals surface area contributed by atoms with Gasteiger partial charge in [0.2, 0.25) is 0 Å². The van der Waals surface area contributed by atoms with Crippen LogP contribution in [0.25, 0.3) is 0 Å². The van der Waals surface area contributed by atoms with Crippen LogP contribution in [0.15, 0.2) is 16.6 Å². The second-order valence-corrected chi connectivity index (χ2v) is 6.23. The molecule has 0 saturated heterocycles. The molecule has 0 aromatic heterocycles. The van der Waals surface area contributed by atoms with Gasteiger partial charge in [0.05, 0.1) is 29.0 Å². The van der Waals surface area contributed by atoms with Crippen molar-refractivity contribution in [3.05, 3.63) is 28.2 Å². The summed E-state index contributed by atoms with van der Waals surface area (Å²) in [6.07, 6.45) is 5.12. The quantitative estimate of drug-likeness (QED) is 0.754. The normalized spacial score (nSPS) is 17.7. The van der Waals surface area contributed by atoms with E-state index < -0.39 is 17.7 Å². The largest absolute Gasteiger partial charge is 0.389 e. The monoisotopic (exact) mass is 363 g/mol. The number of ether oxygens (including phenoxy) is 1. The van der Waals surface area contributed by atoms with E-state index in [0.29, 0.717) is 0 Å². The third-order valence-corrected chi connectivity index (χ3v) is 4.22. The van der Waals surface area contributed by atoms with Gasteiger partial charge in [-0.15, -0.1) is 0 Å². The summed E-state index contributed by atoms with van der Waals surface area (Å²) >= 11 is 2.92. The Bertz CT molecular complexity index is 467. The number of hydrogen-bond acceptors (Lipinski definition) is 3. The zero-order valence-electron chi connectivity index (χ0n) is 11.7. The Morgan fingerprint density at radius 3 is 2.67 bits per heavy atom. The lowest BCUT2D eigenvalue weighted by Crippen LogP contribution is -2.28. The molecule has 1 unspecified atom stereocenters. The van der Waals surface area contributed by atoms with E-state index in [0.717, 1.165) is 25.0 Å². The van der Waals surface area contributed by atoms with Gasteiger partial charge in [-0.1, -0.05) is 19.3 Å². The Balaban J connectivity index is 1.75. The number of anilines is 1. The molecular formula is C15H20BrF2NO2. The first-order valence-electron chi connectivity index (χ1n) is 7.24. The van der Waals surface area contributed by atoms with Crippen LogP contribution < -0.4 is 5.32 Å². The molecule has 0 heterocycles. The average Bonchev–Trinajstić information content (AvgIpc) is 2.48. The van der Waals surface area contributed by atoms with E-state index in [1.165, 1.54) is 19.3 Å². The van der Waals surface area contributed by atoms with Gasteiger partial charge < -0.3 is 15.2 Å². The molecule has 21 heavy (non-hydrogen) atoms. The van der Waals surface area contributed by atoms with Gasteiger partial charge in [0.1, 0.15) is 11.6 Å². The molecule has 6 heteroatoms. The molecule has 1 atom stereocenters. The number of aliphatic hydroxyl groups is 1. The van der Waals surface area contributed by atoms with E-state index in [1.807, 2.05) is 0 Å². The third-order valence-electron chi connectivity index (χ3n) is 3.61. The zero-order chi connectivity index (χ0) is 15.2. The van der Waals surface area contributed by atoms with E-state index in [9.17, 15) is 13.9 Å². The SMILES string of the molecule is OC(CNc1cc(F)c(Br)cc1F)COC1CCCCC1. The molecule has 1 aromatic rings. The minimum atomic E-state index is -0.752. The number of aliphatic hydroxyl groups excluding tert-OH is 1. The van der Waals surface area contributed by atoms with Crippen LogP contribution in [0.3, 0.4) is 0 Å². The molecule has 0 radical (unpaired) electrons. The first-order valence-corrected chi connectivity index (χ1v) is 8.03. The zero-order valence-corrected chi connectivity index (χ0v) is 13.3. The van der Waals surface area contributed by atoms with Crippen molar-refractivity contribution in [1.82, 2.24) is 0 Å². The van der Waals surface area contributed by atoms with Crippen molar-refractivity contribution in [1.29, 1.82) is 0 Å². The summed E-state index contributed by atoms with van der Waals surface area (Å²) in [5.41, 5.74) is 0.0346. The van der Waals surface area contributed by atoms with Gasteiger partial charge in [0.25, 0.3) is 0 Å². The Morgan fingerprint density at radius 2 is 1.95 bits per heavy atom. The molecule has 118 valence electrons. The maximum atomic E-state index is 13.6. The van der Waals surface area contributed by atoms with Crippen LogP contribution in [0.5, 0.6) is 0 Å². The topological polar surface area (TPSA) is 41.5 Å². The van der Waals surface area contributed by atoms with Gasteiger partial charge in [-0.25, -0.2) is 8.78 Å². The van der Waals surface area contributed by atoms with Gasteiger partial charge in [-0.05, 0) is 34.8 Å². The summed E-state index contributed by atoms with van der Waals surface area (Å²) < 4.78 is 32.6. The molecular weight excluding hydrogens is 344 g/mol. The van der Waals surface area contributed by atoms with Gasteiger partial charge in [0.15, 0.2) is 0 Å². The summed E-state index contributed by atoms with van der Waals surface area (Å²) in [5, 5.41) is 12.5. The molecule has 1 aromatic carbocycles. The summed E-state index contributed by atoms with van der Waals surface area (Å²) in [5.74, 6) is -1.12. The van der Waals surface area contributed by atoms with Crippen LogP contribution in [0, 0.1) is 11.6 Å². The lowest BCUT2D eigenvalue weighted by molar-refractivity contribution is -0.0195. The molecule has 2 N–H and O–H groups in total. The fraction of sp³-hybridized carbons (Fsp3) is 0.600. The molecule has 0 bridgehead atoms. The van der Waals surface area contributed by atoms with Crippen LogP contribution in [0.4, 0.5) is 14.5 Å². The highest BCUT2D eigenvalue weighted by atomic mass is 79.9. The average molecular weight is 364 g/mol. The number of benzene rings is 1. The van der Waals surface area contributed by atoms with Gasteiger partial charge >= 0.3 is 0 Å². The van der Waals surface area contributed by atoms with Crippen molar-refractivity contribution in [2.75, 3.05) is 18.5 Å². The van der Waals surface area contributed by atoms with E-state index in [4.69, 9.17) is 4.74 Å². The Kier molecular flexibility index (Phi) is 6.39. The highest BCUT2D eigenvalue weighted by Crippen LogP contribution is 2.23. The van der Waals surface area contributed by atoms with Crippen molar-refractivity contribution in [2.45, 2.75) is 44.3 Å². The number of hydrogen-bond donors (Lipinski definition) is 2. The predicted octanol–water partition coefficient (Wildman–Crippen LogP) is 3.85. The van der Waals surface area contributed by atoms with Crippen molar-refractivity contribution >= 4 is 21.6 Å². The first kappa shape index (κ1) is 16.6. The van der Waals surface area contributed by atoms with Gasteiger partial charge in [-0.2, -0.15) is 0 Å². The first-order chi connectivity index (χ1) is 10.1. The smallest absolute Gasteiger partial charge is 0.147 e. The van der Waals surface area contributed by atoms with Crippen LogP contribution in [0.1, 0.15) is 32.1 Å². The summed E-state index contributed by atoms with van der Waals surface area (Å²) in [4.78, 5) is 0. The van der Waals surface area contributed by atoms with E-state index in [1.54, 1.807) is 0 Å². The predicted molar refractivity (Wildman–Crippen MR) is 81.4 cm³/mol. The van der Waals surface area contributed by atoms with Crippen LogP contribution >= 0.6 is 15.9 Å². The fourth-order valence-electron chi connectivity index (χ4n) is 2.42. The van der Waals surface area contributed by atoms with Crippen LogP contribution in [0.2, 0.25) is 0 Å². The maximum absolute atomic E-state index is 13.6. The highest BCUT2D eigenvalue weighted by Gasteiger charge is 2.16. The van der Waals surface area contributed by atoms with Crippen molar-refractivity contribution < 1.29 is 18.6 Å². The van der Waals surface area contributed by atoms with E-state index >= 15 is 0 Å². The number of rotatable bonds is 6. The Labute approximate surface area is 131 Å². The molecule has 1 aliphatic carbocycles. The van der Waals surface area contributed by atoms with Crippen molar-refractivity contribution in [3.63, 3.8) is 0 Å². The second-order valence-electron chi connectivity index (χ2n) is 5.37. The third kappa shape index (κ3) is 5.20. The van der Waals surface area contributed by atoms with Crippen molar-refractivity contribution in [2.24, 2.45) is 0 Å². The number of halogens is 3. The van der Waals surface area contributed by atoms with Crippen LogP contribution in [-0.2, 0) is 4.74 Å². The van der Waals surface area contributed by atoms with Gasteiger partial charge in [0, 0.05) is 12.6 Å². The minimum absolute atomic E-state index is 0.0346. The standard InChI is InChI=1S/C15H20BrF2NO2/c16-12-6-14(18)15(7-13(12)17)19-8-10(20)9-21-11-4-2-1-3-5-11/h6-7,10-11,19-20H,1-5,8-9H2. The molecule has 2 rings (SSSR count). The summed E-state index contributed by atoms with van der Waals surface area (Å²) in [7, 11) is 0. The molecule has 1 fully saturated rings. The maximum Gasteiger partial charge on any atom is 0.147 e. The molecule has 1 saturated carbocycles. The van der Waals surface area contributed by atoms with Crippen LogP contribution in [-0.4, -0.2) is 30.5 Å². The molecule has 0 aliphatic heterocycles. The highest BCUT2D eigenvalue weighted by molar-refractivity contribution is 9.10. The van der Waals surface area contributed by atoms with E-state index in [2.05, 4.69) is 21.2 Å². The molecule has 1 aliphatic rings. The van der Waals surface area contributed by atoms with Crippen molar-refractivity contribution in [3.8, 4) is 0 Å². The van der Waals surface area contributed by atoms with Gasteiger partial charge in [-0.3, -0.25) is 0 Å². The molecule has 3 nitrogen and oxygen atoms in total. The number of nitrogens with one attached hydrogen (secondary N) is 1. The summed E-state index contributed by atoms with van der Waals surface area (Å²) in [6.45, 7) is 0.322. The summed E-state index contributed by atoms with van der Waals surface area (Å²) in [6, 6.07) is 2.12. The minimum Gasteiger partial charge on any atom is -0.389 e. The molecule has 0 amide bonds. The second kappa shape index (κ2) is 8.06. The fourth-order valence-corrected chi connectivity index (χ4v) is 2.74. The lowest BCUT2D eigenvalue weighted by Gasteiger charge is -2.23. The Hall–Kier alpha value is -0.720. The Morgan fingerprint density at radius 1 is 1.24 bits per heavy atom. The lowest BCUT2D eigenvalue weighted by atomic mass is 9.98. The molecule has 0 spiro atoms. The van der Waals surface area contributed by atoms with E-state index in [-0.39, 0.29) is 29.4 Å².